The van der Waals surface area contributed by atoms with Crippen LogP contribution in [-0.2, 0) is 27.2 Å². The quantitative estimate of drug-likeness (QED) is 0.826. The molecule has 24 heavy (non-hydrogen) atoms. The number of hydrogen-bond acceptors (Lipinski definition) is 3. The van der Waals surface area contributed by atoms with Crippen molar-refractivity contribution in [3.63, 3.8) is 0 Å². The molecule has 0 aliphatic heterocycles. The third kappa shape index (κ3) is 5.23. The SMILES string of the molecule is CCc1ccc(NC(=O)COC(=O)Cc2ccc(C)c(C)c2)cc1. The average Bonchev–Trinajstić information content (AvgIpc) is 2.57. The van der Waals surface area contributed by atoms with Gasteiger partial charge in [-0.25, -0.2) is 0 Å². The van der Waals surface area contributed by atoms with Crippen LogP contribution in [0.4, 0.5) is 5.69 Å². The highest BCUT2D eigenvalue weighted by Gasteiger charge is 2.09. The number of carbonyl (C=O) groups is 2. The monoisotopic (exact) mass is 325 g/mol. The Morgan fingerprint density at radius 1 is 0.958 bits per heavy atom. The van der Waals surface area contributed by atoms with Crippen molar-refractivity contribution in [3.8, 4) is 0 Å². The Balaban J connectivity index is 1.79. The summed E-state index contributed by atoms with van der Waals surface area (Å²) >= 11 is 0. The molecule has 0 aliphatic rings. The van der Waals surface area contributed by atoms with E-state index in [0.29, 0.717) is 5.69 Å². The van der Waals surface area contributed by atoms with Crippen molar-refractivity contribution in [2.75, 3.05) is 11.9 Å². The summed E-state index contributed by atoms with van der Waals surface area (Å²) in [6, 6.07) is 13.4. The van der Waals surface area contributed by atoms with E-state index in [1.807, 2.05) is 56.3 Å². The number of aryl methyl sites for hydroxylation is 3. The zero-order valence-corrected chi connectivity index (χ0v) is 14.4. The van der Waals surface area contributed by atoms with Crippen LogP contribution in [-0.4, -0.2) is 18.5 Å². The number of anilines is 1. The van der Waals surface area contributed by atoms with Crippen LogP contribution < -0.4 is 5.32 Å². The number of amides is 1. The second-order valence-corrected chi connectivity index (χ2v) is 5.85. The summed E-state index contributed by atoms with van der Waals surface area (Å²) in [5, 5.41) is 2.71. The predicted molar refractivity (Wildman–Crippen MR) is 95.0 cm³/mol. The van der Waals surface area contributed by atoms with Crippen LogP contribution in [0, 0.1) is 13.8 Å². The molecule has 1 N–H and O–H groups in total. The highest BCUT2D eigenvalue weighted by atomic mass is 16.5. The molecule has 0 unspecified atom stereocenters. The molecule has 4 nitrogen and oxygen atoms in total. The lowest BCUT2D eigenvalue weighted by atomic mass is 10.0. The highest BCUT2D eigenvalue weighted by molar-refractivity contribution is 5.92. The maximum Gasteiger partial charge on any atom is 0.310 e. The molecule has 2 aromatic rings. The molecule has 4 heteroatoms. The molecule has 0 aliphatic carbocycles. The van der Waals surface area contributed by atoms with E-state index in [2.05, 4.69) is 12.2 Å². The van der Waals surface area contributed by atoms with Crippen molar-refractivity contribution in [1.29, 1.82) is 0 Å². The van der Waals surface area contributed by atoms with E-state index in [9.17, 15) is 9.59 Å². The number of esters is 1. The first-order chi connectivity index (χ1) is 11.5. The standard InChI is InChI=1S/C20H23NO3/c1-4-16-7-9-18(10-8-16)21-19(22)13-24-20(23)12-17-6-5-14(2)15(3)11-17/h5-11H,4,12-13H2,1-3H3,(H,21,22). The van der Waals surface area contributed by atoms with E-state index in [-0.39, 0.29) is 18.9 Å². The van der Waals surface area contributed by atoms with Crippen LogP contribution in [0.25, 0.3) is 0 Å². The molecule has 2 aromatic carbocycles. The Morgan fingerprint density at radius 2 is 1.62 bits per heavy atom. The van der Waals surface area contributed by atoms with E-state index in [0.717, 1.165) is 17.5 Å². The van der Waals surface area contributed by atoms with Gasteiger partial charge in [0.2, 0.25) is 0 Å². The molecule has 0 spiro atoms. The minimum Gasteiger partial charge on any atom is -0.455 e. The van der Waals surface area contributed by atoms with Crippen molar-refractivity contribution in [1.82, 2.24) is 0 Å². The van der Waals surface area contributed by atoms with Crippen molar-refractivity contribution in [3.05, 3.63) is 64.7 Å². The van der Waals surface area contributed by atoms with Crippen molar-refractivity contribution >= 4 is 17.6 Å². The van der Waals surface area contributed by atoms with Crippen LogP contribution in [0.1, 0.15) is 29.2 Å². The molecule has 2 rings (SSSR count). The molecule has 0 saturated heterocycles. The number of nitrogens with one attached hydrogen (secondary N) is 1. The molecule has 0 fully saturated rings. The minimum atomic E-state index is -0.408. The maximum atomic E-state index is 11.8. The summed E-state index contributed by atoms with van der Waals surface area (Å²) in [6.45, 7) is 5.82. The zero-order chi connectivity index (χ0) is 17.5. The first-order valence-electron chi connectivity index (χ1n) is 8.08. The van der Waals surface area contributed by atoms with E-state index < -0.39 is 5.97 Å². The van der Waals surface area contributed by atoms with E-state index in [1.165, 1.54) is 11.1 Å². The number of hydrogen-bond donors (Lipinski definition) is 1. The van der Waals surface area contributed by atoms with Crippen LogP contribution in [0.5, 0.6) is 0 Å². The van der Waals surface area contributed by atoms with Crippen LogP contribution in [0.3, 0.4) is 0 Å². The molecule has 126 valence electrons. The van der Waals surface area contributed by atoms with Crippen molar-refractivity contribution in [2.24, 2.45) is 0 Å². The molecule has 0 radical (unpaired) electrons. The van der Waals surface area contributed by atoms with Crippen molar-refractivity contribution < 1.29 is 14.3 Å². The van der Waals surface area contributed by atoms with Gasteiger partial charge in [-0.15, -0.1) is 0 Å². The van der Waals surface area contributed by atoms with Gasteiger partial charge in [-0.1, -0.05) is 37.3 Å². The van der Waals surface area contributed by atoms with Gasteiger partial charge in [0.15, 0.2) is 6.61 Å². The second kappa shape index (κ2) is 8.29. The zero-order valence-electron chi connectivity index (χ0n) is 14.4. The lowest BCUT2D eigenvalue weighted by Crippen LogP contribution is -2.21. The first-order valence-corrected chi connectivity index (χ1v) is 8.08. The molecule has 0 saturated carbocycles. The van der Waals surface area contributed by atoms with E-state index >= 15 is 0 Å². The number of carbonyl (C=O) groups excluding carboxylic acids is 2. The Morgan fingerprint density at radius 3 is 2.25 bits per heavy atom. The van der Waals surface area contributed by atoms with Gasteiger partial charge in [0, 0.05) is 5.69 Å². The van der Waals surface area contributed by atoms with Crippen LogP contribution in [0.15, 0.2) is 42.5 Å². The third-order valence-electron chi connectivity index (χ3n) is 3.93. The Bertz CT molecular complexity index is 720. The van der Waals surface area contributed by atoms with Crippen LogP contribution >= 0.6 is 0 Å². The smallest absolute Gasteiger partial charge is 0.310 e. The average molecular weight is 325 g/mol. The molecule has 0 atom stereocenters. The molecule has 0 heterocycles. The topological polar surface area (TPSA) is 55.4 Å². The maximum absolute atomic E-state index is 11.8. The summed E-state index contributed by atoms with van der Waals surface area (Å²) in [5.41, 5.74) is 5.10. The molecule has 1 amide bonds. The van der Waals surface area contributed by atoms with Gasteiger partial charge >= 0.3 is 5.97 Å². The van der Waals surface area contributed by atoms with E-state index in [4.69, 9.17) is 4.74 Å². The molecule has 0 aromatic heterocycles. The van der Waals surface area contributed by atoms with Gasteiger partial charge in [0.25, 0.3) is 5.91 Å². The number of rotatable bonds is 6. The molecular formula is C20H23NO3. The Hall–Kier alpha value is -2.62. The molecule has 0 bridgehead atoms. The summed E-state index contributed by atoms with van der Waals surface area (Å²) in [5.74, 6) is -0.748. The van der Waals surface area contributed by atoms with Gasteiger partial charge < -0.3 is 10.1 Å². The highest BCUT2D eigenvalue weighted by Crippen LogP contribution is 2.11. The third-order valence-corrected chi connectivity index (χ3v) is 3.93. The second-order valence-electron chi connectivity index (χ2n) is 5.85. The summed E-state index contributed by atoms with van der Waals surface area (Å²) < 4.78 is 5.04. The normalized spacial score (nSPS) is 10.3. The summed E-state index contributed by atoms with van der Waals surface area (Å²) in [7, 11) is 0. The minimum absolute atomic E-state index is 0.166. The number of ether oxygens (including phenoxy) is 1. The lowest BCUT2D eigenvalue weighted by molar-refractivity contribution is -0.146. The van der Waals surface area contributed by atoms with Gasteiger partial charge in [0.05, 0.1) is 6.42 Å². The van der Waals surface area contributed by atoms with Gasteiger partial charge in [-0.05, 0) is 54.7 Å². The molecular weight excluding hydrogens is 302 g/mol. The van der Waals surface area contributed by atoms with E-state index in [1.54, 1.807) is 0 Å². The fourth-order valence-corrected chi connectivity index (χ4v) is 2.30. The first kappa shape index (κ1) is 17.7. The summed E-state index contributed by atoms with van der Waals surface area (Å²) in [6.07, 6.45) is 1.12. The van der Waals surface area contributed by atoms with Crippen molar-refractivity contribution in [2.45, 2.75) is 33.6 Å². The lowest BCUT2D eigenvalue weighted by Gasteiger charge is -2.08. The largest absolute Gasteiger partial charge is 0.455 e. The Labute approximate surface area is 142 Å². The predicted octanol–water partition coefficient (Wildman–Crippen LogP) is 3.59. The van der Waals surface area contributed by atoms with Crippen LogP contribution in [0.2, 0.25) is 0 Å². The van der Waals surface area contributed by atoms with Gasteiger partial charge in [-0.3, -0.25) is 9.59 Å². The summed E-state index contributed by atoms with van der Waals surface area (Å²) in [4.78, 5) is 23.7. The fourth-order valence-electron chi connectivity index (χ4n) is 2.30. The van der Waals surface area contributed by atoms with Gasteiger partial charge in [0.1, 0.15) is 0 Å². The Kier molecular flexibility index (Phi) is 6.13. The fraction of sp³-hybridized carbons (Fsp3) is 0.300. The van der Waals surface area contributed by atoms with Gasteiger partial charge in [-0.2, -0.15) is 0 Å². The number of benzene rings is 2.